The molecule has 0 radical (unpaired) electrons. The molecule has 0 atom stereocenters. The molecule has 5 nitrogen and oxygen atoms in total. The van der Waals surface area contributed by atoms with Gasteiger partial charge in [0.15, 0.2) is 0 Å². The summed E-state index contributed by atoms with van der Waals surface area (Å²) in [7, 11) is 0. The SMILES string of the molecule is CC(C)NC(=NCCCOCC1CC1)NN. The zero-order valence-corrected chi connectivity index (χ0v) is 10.3. The predicted octanol–water partition coefficient (Wildman–Crippen LogP) is 0.620. The number of hydrogen-bond donors (Lipinski definition) is 3. The molecule has 1 saturated carbocycles. The number of nitrogens with one attached hydrogen (secondary N) is 2. The smallest absolute Gasteiger partial charge is 0.205 e. The van der Waals surface area contributed by atoms with Crippen molar-refractivity contribution in [2.24, 2.45) is 16.8 Å². The molecule has 0 aromatic carbocycles. The molecule has 0 aromatic rings. The highest BCUT2D eigenvalue weighted by Gasteiger charge is 2.20. The summed E-state index contributed by atoms with van der Waals surface area (Å²) in [6, 6.07) is 0.334. The third kappa shape index (κ3) is 6.63. The van der Waals surface area contributed by atoms with E-state index in [0.717, 1.165) is 32.1 Å². The average Bonchev–Trinajstić information content (AvgIpc) is 3.04. The zero-order chi connectivity index (χ0) is 11.8. The first kappa shape index (κ1) is 13.3. The largest absolute Gasteiger partial charge is 0.381 e. The highest BCUT2D eigenvalue weighted by atomic mass is 16.5. The van der Waals surface area contributed by atoms with Crippen LogP contribution < -0.4 is 16.6 Å². The maximum absolute atomic E-state index is 5.51. The minimum Gasteiger partial charge on any atom is -0.381 e. The number of hydrazine groups is 1. The maximum atomic E-state index is 5.51. The van der Waals surface area contributed by atoms with Crippen LogP contribution in [0, 0.1) is 5.92 Å². The van der Waals surface area contributed by atoms with Crippen LogP contribution in [0.25, 0.3) is 0 Å². The fourth-order valence-electron chi connectivity index (χ4n) is 1.30. The van der Waals surface area contributed by atoms with Gasteiger partial charge in [0.2, 0.25) is 5.96 Å². The molecule has 0 aliphatic heterocycles. The fraction of sp³-hybridized carbons (Fsp3) is 0.909. The molecule has 1 fully saturated rings. The van der Waals surface area contributed by atoms with E-state index in [4.69, 9.17) is 10.6 Å². The van der Waals surface area contributed by atoms with Gasteiger partial charge in [-0.25, -0.2) is 5.84 Å². The van der Waals surface area contributed by atoms with Gasteiger partial charge in [-0.15, -0.1) is 0 Å². The summed E-state index contributed by atoms with van der Waals surface area (Å²) in [4.78, 5) is 4.30. The summed E-state index contributed by atoms with van der Waals surface area (Å²) in [6.07, 6.45) is 3.63. The van der Waals surface area contributed by atoms with Gasteiger partial charge >= 0.3 is 0 Å². The molecular formula is C11H24N4O. The normalized spacial score (nSPS) is 16.6. The molecule has 0 unspecified atom stereocenters. The molecule has 0 aromatic heterocycles. The minimum atomic E-state index is 0.334. The van der Waals surface area contributed by atoms with Crippen LogP contribution >= 0.6 is 0 Å². The molecule has 94 valence electrons. The van der Waals surface area contributed by atoms with Crippen molar-refractivity contribution in [3.05, 3.63) is 0 Å². The van der Waals surface area contributed by atoms with Crippen LogP contribution in [0.3, 0.4) is 0 Å². The molecule has 1 aliphatic carbocycles. The molecule has 0 bridgehead atoms. The number of hydrogen-bond acceptors (Lipinski definition) is 3. The molecule has 0 spiro atoms. The lowest BCUT2D eigenvalue weighted by Crippen LogP contribution is -2.44. The quantitative estimate of drug-likeness (QED) is 0.196. The second-order valence-electron chi connectivity index (χ2n) is 4.55. The van der Waals surface area contributed by atoms with Crippen LogP contribution in [0.15, 0.2) is 4.99 Å². The lowest BCUT2D eigenvalue weighted by Gasteiger charge is -2.11. The van der Waals surface area contributed by atoms with Crippen molar-refractivity contribution >= 4 is 5.96 Å². The van der Waals surface area contributed by atoms with Gasteiger partial charge in [0, 0.05) is 25.8 Å². The summed E-state index contributed by atoms with van der Waals surface area (Å²) in [6.45, 7) is 6.55. The molecule has 0 amide bonds. The van der Waals surface area contributed by atoms with Crippen LogP contribution in [0.2, 0.25) is 0 Å². The number of nitrogens with zero attached hydrogens (tertiary/aromatic N) is 1. The van der Waals surface area contributed by atoms with Crippen molar-refractivity contribution in [3.63, 3.8) is 0 Å². The van der Waals surface area contributed by atoms with E-state index in [1.54, 1.807) is 0 Å². The van der Waals surface area contributed by atoms with Gasteiger partial charge in [-0.1, -0.05) is 0 Å². The van der Waals surface area contributed by atoms with E-state index in [1.165, 1.54) is 12.8 Å². The Balaban J connectivity index is 1.98. The Morgan fingerprint density at radius 1 is 1.50 bits per heavy atom. The van der Waals surface area contributed by atoms with Crippen molar-refractivity contribution in [2.75, 3.05) is 19.8 Å². The molecule has 5 heteroatoms. The van der Waals surface area contributed by atoms with Gasteiger partial charge in [-0.05, 0) is 39.0 Å². The monoisotopic (exact) mass is 228 g/mol. The van der Waals surface area contributed by atoms with E-state index < -0.39 is 0 Å². The number of guanidine groups is 1. The van der Waals surface area contributed by atoms with Crippen LogP contribution in [-0.4, -0.2) is 31.8 Å². The lowest BCUT2D eigenvalue weighted by atomic mass is 10.4. The zero-order valence-electron chi connectivity index (χ0n) is 10.3. The Morgan fingerprint density at radius 3 is 2.81 bits per heavy atom. The van der Waals surface area contributed by atoms with Crippen LogP contribution in [0.4, 0.5) is 0 Å². The molecule has 1 aliphatic rings. The predicted molar refractivity (Wildman–Crippen MR) is 66.1 cm³/mol. The van der Waals surface area contributed by atoms with Crippen LogP contribution in [0.5, 0.6) is 0 Å². The molecule has 16 heavy (non-hydrogen) atoms. The van der Waals surface area contributed by atoms with Crippen molar-refractivity contribution < 1.29 is 4.74 Å². The Kier molecular flexibility index (Phi) is 6.18. The molecule has 1 rings (SSSR count). The van der Waals surface area contributed by atoms with E-state index in [9.17, 15) is 0 Å². The number of nitrogens with two attached hydrogens (primary N) is 1. The van der Waals surface area contributed by atoms with E-state index in [1.807, 2.05) is 13.8 Å². The topological polar surface area (TPSA) is 71.7 Å². The summed E-state index contributed by atoms with van der Waals surface area (Å²) in [5.41, 5.74) is 2.55. The summed E-state index contributed by atoms with van der Waals surface area (Å²) in [5, 5.41) is 3.12. The summed E-state index contributed by atoms with van der Waals surface area (Å²) < 4.78 is 5.51. The molecule has 0 saturated heterocycles. The summed E-state index contributed by atoms with van der Waals surface area (Å²) in [5.74, 6) is 6.83. The van der Waals surface area contributed by atoms with Gasteiger partial charge in [0.25, 0.3) is 0 Å². The third-order valence-corrected chi connectivity index (χ3v) is 2.33. The van der Waals surface area contributed by atoms with Gasteiger partial charge < -0.3 is 10.1 Å². The number of ether oxygens (including phenoxy) is 1. The van der Waals surface area contributed by atoms with E-state index in [2.05, 4.69) is 15.7 Å². The highest BCUT2D eigenvalue weighted by Crippen LogP contribution is 2.28. The first-order chi connectivity index (χ1) is 7.72. The van der Waals surface area contributed by atoms with Crippen LogP contribution in [0.1, 0.15) is 33.1 Å². The minimum absolute atomic E-state index is 0.334. The average molecular weight is 228 g/mol. The van der Waals surface area contributed by atoms with E-state index in [0.29, 0.717) is 12.0 Å². The van der Waals surface area contributed by atoms with Crippen molar-refractivity contribution in [2.45, 2.75) is 39.2 Å². The second kappa shape index (κ2) is 7.46. The van der Waals surface area contributed by atoms with Gasteiger partial charge in [-0.2, -0.15) is 0 Å². The standard InChI is InChI=1S/C11H24N4O/c1-9(2)14-11(15-12)13-6-3-7-16-8-10-4-5-10/h9-10H,3-8,12H2,1-2H3,(H2,13,14,15). The van der Waals surface area contributed by atoms with Gasteiger partial charge in [0.05, 0.1) is 0 Å². The van der Waals surface area contributed by atoms with Crippen molar-refractivity contribution in [3.8, 4) is 0 Å². The van der Waals surface area contributed by atoms with Crippen molar-refractivity contribution in [1.29, 1.82) is 0 Å². The van der Waals surface area contributed by atoms with E-state index >= 15 is 0 Å². The maximum Gasteiger partial charge on any atom is 0.205 e. The highest BCUT2D eigenvalue weighted by molar-refractivity contribution is 5.79. The first-order valence-corrected chi connectivity index (χ1v) is 6.07. The fourth-order valence-corrected chi connectivity index (χ4v) is 1.30. The Bertz CT molecular complexity index is 214. The molecule has 0 heterocycles. The van der Waals surface area contributed by atoms with Crippen LogP contribution in [-0.2, 0) is 4.74 Å². The van der Waals surface area contributed by atoms with Gasteiger partial charge in [0.1, 0.15) is 0 Å². The first-order valence-electron chi connectivity index (χ1n) is 6.07. The summed E-state index contributed by atoms with van der Waals surface area (Å²) >= 11 is 0. The Labute approximate surface area is 97.8 Å². The lowest BCUT2D eigenvalue weighted by molar-refractivity contribution is 0.123. The number of rotatable bonds is 7. The number of aliphatic imine (C=N–C) groups is 1. The Morgan fingerprint density at radius 2 is 2.25 bits per heavy atom. The van der Waals surface area contributed by atoms with Gasteiger partial charge in [-0.3, -0.25) is 10.4 Å². The van der Waals surface area contributed by atoms with Crippen molar-refractivity contribution in [1.82, 2.24) is 10.7 Å². The second-order valence-corrected chi connectivity index (χ2v) is 4.55. The van der Waals surface area contributed by atoms with E-state index in [-0.39, 0.29) is 0 Å². The Hall–Kier alpha value is -0.810. The molecule has 4 N–H and O–H groups in total. The molecular weight excluding hydrogens is 204 g/mol. The third-order valence-electron chi connectivity index (χ3n) is 2.33.